The standard InChI is InChI=1S/C13H16N4O/c1-9(2)10-3-5-11(6-4-10)18-13-8-15-7-12(16-13)17-14/h3-9H,14H2,1-2H3,(H,16,17). The molecular formula is C13H16N4O. The Balaban J connectivity index is 2.13. The van der Waals surface area contributed by atoms with Gasteiger partial charge in [0.05, 0.1) is 12.4 Å². The summed E-state index contributed by atoms with van der Waals surface area (Å²) in [6.45, 7) is 4.30. The lowest BCUT2D eigenvalue weighted by Gasteiger charge is -2.08. The van der Waals surface area contributed by atoms with E-state index in [0.29, 0.717) is 17.6 Å². The molecule has 3 N–H and O–H groups in total. The van der Waals surface area contributed by atoms with Crippen molar-refractivity contribution in [1.29, 1.82) is 0 Å². The van der Waals surface area contributed by atoms with Gasteiger partial charge >= 0.3 is 0 Å². The smallest absolute Gasteiger partial charge is 0.239 e. The van der Waals surface area contributed by atoms with Crippen molar-refractivity contribution in [2.24, 2.45) is 5.84 Å². The van der Waals surface area contributed by atoms with Crippen LogP contribution in [0.2, 0.25) is 0 Å². The monoisotopic (exact) mass is 244 g/mol. The fourth-order valence-corrected chi connectivity index (χ4v) is 1.51. The van der Waals surface area contributed by atoms with E-state index in [-0.39, 0.29) is 0 Å². The van der Waals surface area contributed by atoms with Gasteiger partial charge in [0.15, 0.2) is 5.82 Å². The maximum Gasteiger partial charge on any atom is 0.239 e. The number of rotatable bonds is 4. The first-order valence-electron chi connectivity index (χ1n) is 5.75. The van der Waals surface area contributed by atoms with E-state index in [9.17, 15) is 0 Å². The maximum absolute atomic E-state index is 5.59. The molecule has 18 heavy (non-hydrogen) atoms. The number of hydrazine groups is 1. The molecule has 5 heteroatoms. The van der Waals surface area contributed by atoms with Crippen molar-refractivity contribution in [1.82, 2.24) is 9.97 Å². The second kappa shape index (κ2) is 5.46. The van der Waals surface area contributed by atoms with Crippen LogP contribution in [0, 0.1) is 0 Å². The van der Waals surface area contributed by atoms with Crippen LogP contribution in [-0.2, 0) is 0 Å². The van der Waals surface area contributed by atoms with Crippen LogP contribution in [0.3, 0.4) is 0 Å². The van der Waals surface area contributed by atoms with Crippen molar-refractivity contribution < 1.29 is 4.74 Å². The number of nitrogens with one attached hydrogen (secondary N) is 1. The molecule has 0 radical (unpaired) electrons. The number of anilines is 1. The van der Waals surface area contributed by atoms with Crippen molar-refractivity contribution in [3.05, 3.63) is 42.2 Å². The second-order valence-corrected chi connectivity index (χ2v) is 4.21. The average Bonchev–Trinajstić information content (AvgIpc) is 2.39. The highest BCUT2D eigenvalue weighted by Crippen LogP contribution is 2.22. The molecule has 0 atom stereocenters. The minimum Gasteiger partial charge on any atom is -0.437 e. The van der Waals surface area contributed by atoms with E-state index < -0.39 is 0 Å². The highest BCUT2D eigenvalue weighted by Gasteiger charge is 2.02. The molecule has 0 unspecified atom stereocenters. The lowest BCUT2D eigenvalue weighted by Crippen LogP contribution is -2.08. The van der Waals surface area contributed by atoms with E-state index in [1.807, 2.05) is 24.3 Å². The molecule has 2 aromatic rings. The molecule has 1 heterocycles. The van der Waals surface area contributed by atoms with E-state index in [2.05, 4.69) is 29.2 Å². The third kappa shape index (κ3) is 2.95. The number of ether oxygens (including phenoxy) is 1. The first-order chi connectivity index (χ1) is 8.69. The SMILES string of the molecule is CC(C)c1ccc(Oc2cncc(NN)n2)cc1. The number of benzene rings is 1. The van der Waals surface area contributed by atoms with Gasteiger partial charge in [0, 0.05) is 0 Å². The summed E-state index contributed by atoms with van der Waals surface area (Å²) >= 11 is 0. The summed E-state index contributed by atoms with van der Waals surface area (Å²) in [6.07, 6.45) is 3.06. The molecule has 0 bridgehead atoms. The molecule has 0 aliphatic carbocycles. The minimum atomic E-state index is 0.405. The second-order valence-electron chi connectivity index (χ2n) is 4.21. The van der Waals surface area contributed by atoms with Crippen LogP contribution >= 0.6 is 0 Å². The minimum absolute atomic E-state index is 0.405. The van der Waals surface area contributed by atoms with Gasteiger partial charge in [-0.2, -0.15) is 4.98 Å². The molecule has 5 nitrogen and oxygen atoms in total. The first-order valence-corrected chi connectivity index (χ1v) is 5.75. The Hall–Kier alpha value is -2.14. The number of hydrogen-bond acceptors (Lipinski definition) is 5. The van der Waals surface area contributed by atoms with Crippen molar-refractivity contribution in [2.75, 3.05) is 5.43 Å². The maximum atomic E-state index is 5.59. The van der Waals surface area contributed by atoms with Crippen molar-refractivity contribution in [2.45, 2.75) is 19.8 Å². The normalized spacial score (nSPS) is 10.4. The van der Waals surface area contributed by atoms with Gasteiger partial charge in [-0.1, -0.05) is 26.0 Å². The van der Waals surface area contributed by atoms with E-state index >= 15 is 0 Å². The van der Waals surface area contributed by atoms with Crippen LogP contribution in [0.25, 0.3) is 0 Å². The Labute approximate surface area is 106 Å². The predicted molar refractivity (Wildman–Crippen MR) is 70.4 cm³/mol. The molecule has 0 aliphatic heterocycles. The topological polar surface area (TPSA) is 73.1 Å². The largest absolute Gasteiger partial charge is 0.437 e. The zero-order valence-electron chi connectivity index (χ0n) is 10.4. The van der Waals surface area contributed by atoms with Crippen molar-refractivity contribution in [3.63, 3.8) is 0 Å². The Morgan fingerprint density at radius 3 is 2.50 bits per heavy atom. The summed E-state index contributed by atoms with van der Waals surface area (Å²) in [4.78, 5) is 8.09. The van der Waals surface area contributed by atoms with Gasteiger partial charge in [-0.05, 0) is 23.6 Å². The number of aromatic nitrogens is 2. The molecule has 1 aromatic carbocycles. The molecule has 1 aromatic heterocycles. The zero-order chi connectivity index (χ0) is 13.0. The van der Waals surface area contributed by atoms with Crippen LogP contribution < -0.4 is 16.0 Å². The summed E-state index contributed by atoms with van der Waals surface area (Å²) in [7, 11) is 0. The summed E-state index contributed by atoms with van der Waals surface area (Å²) in [5.41, 5.74) is 3.69. The summed E-state index contributed by atoms with van der Waals surface area (Å²) in [5, 5.41) is 0. The van der Waals surface area contributed by atoms with Gasteiger partial charge in [-0.15, -0.1) is 0 Å². The van der Waals surface area contributed by atoms with E-state index in [0.717, 1.165) is 5.75 Å². The predicted octanol–water partition coefficient (Wildman–Crippen LogP) is 2.68. The number of nitrogen functional groups attached to an aromatic ring is 1. The highest BCUT2D eigenvalue weighted by molar-refractivity contribution is 5.35. The van der Waals surface area contributed by atoms with Crippen LogP contribution in [0.1, 0.15) is 25.3 Å². The summed E-state index contributed by atoms with van der Waals surface area (Å²) in [5.74, 6) is 7.35. The molecule has 0 saturated carbocycles. The third-order valence-corrected chi connectivity index (χ3v) is 2.53. The van der Waals surface area contributed by atoms with E-state index in [4.69, 9.17) is 10.6 Å². The molecule has 0 saturated heterocycles. The van der Waals surface area contributed by atoms with Crippen molar-refractivity contribution in [3.8, 4) is 11.6 Å². The summed E-state index contributed by atoms with van der Waals surface area (Å²) in [6, 6.07) is 7.91. The Bertz CT molecular complexity index is 511. The van der Waals surface area contributed by atoms with Crippen LogP contribution in [0.15, 0.2) is 36.7 Å². The van der Waals surface area contributed by atoms with E-state index in [1.165, 1.54) is 18.0 Å². The van der Waals surface area contributed by atoms with Gasteiger partial charge < -0.3 is 10.2 Å². The molecule has 0 aliphatic rings. The lowest BCUT2D eigenvalue weighted by atomic mass is 10.0. The molecular weight excluding hydrogens is 228 g/mol. The van der Waals surface area contributed by atoms with Crippen LogP contribution in [-0.4, -0.2) is 9.97 Å². The van der Waals surface area contributed by atoms with Gasteiger partial charge in [0.2, 0.25) is 5.88 Å². The van der Waals surface area contributed by atoms with Crippen LogP contribution in [0.4, 0.5) is 5.82 Å². The number of nitrogens with two attached hydrogens (primary N) is 1. The zero-order valence-corrected chi connectivity index (χ0v) is 10.4. The number of hydrogen-bond donors (Lipinski definition) is 2. The number of nitrogens with zero attached hydrogens (tertiary/aromatic N) is 2. The average molecular weight is 244 g/mol. The molecule has 2 rings (SSSR count). The van der Waals surface area contributed by atoms with E-state index in [1.54, 1.807) is 0 Å². The molecule has 94 valence electrons. The first kappa shape index (κ1) is 12.3. The van der Waals surface area contributed by atoms with Crippen LogP contribution in [0.5, 0.6) is 11.6 Å². The van der Waals surface area contributed by atoms with Gasteiger partial charge in [-0.25, -0.2) is 5.84 Å². The summed E-state index contributed by atoms with van der Waals surface area (Å²) < 4.78 is 5.59. The van der Waals surface area contributed by atoms with Gasteiger partial charge in [0.1, 0.15) is 5.75 Å². The Kier molecular flexibility index (Phi) is 3.74. The lowest BCUT2D eigenvalue weighted by molar-refractivity contribution is 0.460. The molecule has 0 amide bonds. The molecule has 0 fully saturated rings. The Morgan fingerprint density at radius 2 is 1.89 bits per heavy atom. The Morgan fingerprint density at radius 1 is 1.17 bits per heavy atom. The highest BCUT2D eigenvalue weighted by atomic mass is 16.5. The van der Waals surface area contributed by atoms with Gasteiger partial charge in [-0.3, -0.25) is 4.98 Å². The fraction of sp³-hybridized carbons (Fsp3) is 0.231. The third-order valence-electron chi connectivity index (χ3n) is 2.53. The fourth-order valence-electron chi connectivity index (χ4n) is 1.51. The quantitative estimate of drug-likeness (QED) is 0.639. The van der Waals surface area contributed by atoms with Gasteiger partial charge in [0.25, 0.3) is 0 Å². The molecule has 0 spiro atoms. The van der Waals surface area contributed by atoms with Crippen molar-refractivity contribution >= 4 is 5.82 Å².